The van der Waals surface area contributed by atoms with Gasteiger partial charge in [-0.1, -0.05) is 30.3 Å². The first kappa shape index (κ1) is 16.9. The van der Waals surface area contributed by atoms with E-state index in [0.717, 1.165) is 26.2 Å². The molecule has 1 saturated heterocycles. The van der Waals surface area contributed by atoms with E-state index in [1.807, 2.05) is 37.2 Å². The van der Waals surface area contributed by atoms with Gasteiger partial charge in [-0.15, -0.1) is 0 Å². The topological polar surface area (TPSA) is 66.8 Å². The molecule has 3 aromatic rings. The molecule has 26 heavy (non-hydrogen) atoms. The number of nitrogens with one attached hydrogen (secondary N) is 3. The molecule has 0 spiro atoms. The van der Waals surface area contributed by atoms with Crippen LogP contribution in [0.15, 0.2) is 67.5 Å². The summed E-state index contributed by atoms with van der Waals surface area (Å²) < 4.78 is 2.08. The molecule has 1 aliphatic rings. The number of benzene rings is 1. The van der Waals surface area contributed by atoms with Crippen molar-refractivity contribution in [1.29, 1.82) is 0 Å². The van der Waals surface area contributed by atoms with Crippen LogP contribution in [0.2, 0.25) is 0 Å². The number of pyridine rings is 1. The lowest BCUT2D eigenvalue weighted by Gasteiger charge is -2.19. The molecule has 0 bridgehead atoms. The molecule has 2 atom stereocenters. The molecule has 0 saturated carbocycles. The minimum atomic E-state index is 0.295. The van der Waals surface area contributed by atoms with Crippen LogP contribution in [0.5, 0.6) is 0 Å². The molecule has 3 N–H and O–H groups in total. The predicted octanol–water partition coefficient (Wildman–Crippen LogP) is 1.88. The zero-order valence-corrected chi connectivity index (χ0v) is 14.7. The summed E-state index contributed by atoms with van der Waals surface area (Å²) in [7, 11) is 0. The van der Waals surface area contributed by atoms with Crippen LogP contribution in [0.3, 0.4) is 0 Å². The molecule has 6 nitrogen and oxygen atoms in total. The number of rotatable bonds is 7. The molecule has 4 rings (SSSR count). The molecular weight excluding hydrogens is 324 g/mol. The van der Waals surface area contributed by atoms with Crippen LogP contribution >= 0.6 is 0 Å². The first-order valence-corrected chi connectivity index (χ1v) is 9.01. The van der Waals surface area contributed by atoms with Gasteiger partial charge in [-0.3, -0.25) is 10.4 Å². The molecule has 0 amide bonds. The van der Waals surface area contributed by atoms with Crippen LogP contribution < -0.4 is 16.2 Å². The van der Waals surface area contributed by atoms with Crippen molar-refractivity contribution in [3.05, 3.63) is 84.2 Å². The number of hydrogen-bond acceptors (Lipinski definition) is 5. The summed E-state index contributed by atoms with van der Waals surface area (Å²) in [5.41, 5.74) is 10.5. The number of imidazole rings is 1. The molecule has 3 heterocycles. The van der Waals surface area contributed by atoms with Crippen molar-refractivity contribution in [1.82, 2.24) is 30.7 Å². The van der Waals surface area contributed by atoms with Crippen LogP contribution in [0, 0.1) is 5.92 Å². The Morgan fingerprint density at radius 2 is 2.08 bits per heavy atom. The van der Waals surface area contributed by atoms with Gasteiger partial charge in [-0.05, 0) is 22.8 Å². The molecule has 0 radical (unpaired) electrons. The molecule has 134 valence electrons. The van der Waals surface area contributed by atoms with Gasteiger partial charge in [-0.2, -0.15) is 0 Å². The van der Waals surface area contributed by atoms with E-state index in [2.05, 4.69) is 61.0 Å². The second kappa shape index (κ2) is 8.23. The fourth-order valence-electron chi connectivity index (χ4n) is 3.47. The first-order valence-electron chi connectivity index (χ1n) is 9.01. The van der Waals surface area contributed by atoms with Crippen LogP contribution in [-0.4, -0.2) is 27.6 Å². The summed E-state index contributed by atoms with van der Waals surface area (Å²) in [4.78, 5) is 8.34. The Balaban J connectivity index is 1.32. The fourth-order valence-corrected chi connectivity index (χ4v) is 3.47. The summed E-state index contributed by atoms with van der Waals surface area (Å²) in [6, 6.07) is 13.1. The maximum atomic E-state index is 4.24. The Labute approximate surface area is 153 Å². The van der Waals surface area contributed by atoms with Crippen LogP contribution in [0.25, 0.3) is 0 Å². The van der Waals surface area contributed by atoms with Gasteiger partial charge in [0.05, 0.1) is 12.4 Å². The monoisotopic (exact) mass is 348 g/mol. The second-order valence-electron chi connectivity index (χ2n) is 6.74. The molecular formula is C20H24N6. The minimum Gasteiger partial charge on any atom is -0.333 e. The Morgan fingerprint density at radius 1 is 1.12 bits per heavy atom. The molecule has 2 aromatic heterocycles. The Bertz CT molecular complexity index is 802. The largest absolute Gasteiger partial charge is 0.333 e. The Hall–Kier alpha value is -2.54. The van der Waals surface area contributed by atoms with E-state index in [9.17, 15) is 0 Å². The molecule has 0 aliphatic carbocycles. The second-order valence-corrected chi connectivity index (χ2v) is 6.74. The van der Waals surface area contributed by atoms with Crippen molar-refractivity contribution in [3.63, 3.8) is 0 Å². The normalized spacial score (nSPS) is 19.7. The smallest absolute Gasteiger partial charge is 0.0949 e. The molecule has 6 heteroatoms. The summed E-state index contributed by atoms with van der Waals surface area (Å²) in [6.07, 6.45) is 9.41. The highest BCUT2D eigenvalue weighted by atomic mass is 15.4. The Morgan fingerprint density at radius 3 is 2.92 bits per heavy atom. The summed E-state index contributed by atoms with van der Waals surface area (Å²) >= 11 is 0. The van der Waals surface area contributed by atoms with Gasteiger partial charge in [0.15, 0.2) is 0 Å². The van der Waals surface area contributed by atoms with Crippen molar-refractivity contribution >= 4 is 0 Å². The predicted molar refractivity (Wildman–Crippen MR) is 101 cm³/mol. The van der Waals surface area contributed by atoms with E-state index >= 15 is 0 Å². The van der Waals surface area contributed by atoms with Crippen molar-refractivity contribution in [2.75, 3.05) is 13.1 Å². The highest BCUT2D eigenvalue weighted by molar-refractivity contribution is 5.24. The van der Waals surface area contributed by atoms with Gasteiger partial charge in [0.2, 0.25) is 0 Å². The first-order chi connectivity index (χ1) is 12.9. The van der Waals surface area contributed by atoms with E-state index in [1.165, 1.54) is 16.7 Å². The standard InChI is InChI=1S/C20H24N6/c1-3-16(9-17(4-1)14-26-8-7-22-15-26)10-23-12-19-13-24-25-20(19)18-5-2-6-21-11-18/h1-9,11,15,19-20,23-25H,10,12-14H2. The van der Waals surface area contributed by atoms with Crippen LogP contribution in [0.1, 0.15) is 22.7 Å². The molecule has 1 aliphatic heterocycles. The van der Waals surface area contributed by atoms with Gasteiger partial charge < -0.3 is 9.88 Å². The van der Waals surface area contributed by atoms with E-state index in [0.29, 0.717) is 12.0 Å². The van der Waals surface area contributed by atoms with Crippen molar-refractivity contribution in [3.8, 4) is 0 Å². The molecule has 1 aromatic carbocycles. The zero-order chi connectivity index (χ0) is 17.6. The maximum absolute atomic E-state index is 4.24. The third-order valence-corrected chi connectivity index (χ3v) is 4.79. The van der Waals surface area contributed by atoms with E-state index in [-0.39, 0.29) is 0 Å². The van der Waals surface area contributed by atoms with Gasteiger partial charge in [0.25, 0.3) is 0 Å². The number of aromatic nitrogens is 3. The lowest BCUT2D eigenvalue weighted by atomic mass is 9.96. The van der Waals surface area contributed by atoms with E-state index < -0.39 is 0 Å². The van der Waals surface area contributed by atoms with E-state index in [1.54, 1.807) is 0 Å². The van der Waals surface area contributed by atoms with E-state index in [4.69, 9.17) is 0 Å². The Kier molecular flexibility index (Phi) is 5.35. The minimum absolute atomic E-state index is 0.295. The zero-order valence-electron chi connectivity index (χ0n) is 14.7. The molecule has 2 unspecified atom stereocenters. The lowest BCUT2D eigenvalue weighted by molar-refractivity contribution is 0.441. The van der Waals surface area contributed by atoms with Gasteiger partial charge in [0, 0.05) is 56.9 Å². The van der Waals surface area contributed by atoms with Crippen LogP contribution in [0.4, 0.5) is 0 Å². The quantitative estimate of drug-likeness (QED) is 0.608. The van der Waals surface area contributed by atoms with Gasteiger partial charge in [0.1, 0.15) is 0 Å². The number of hydrogen-bond donors (Lipinski definition) is 3. The van der Waals surface area contributed by atoms with Gasteiger partial charge in [-0.25, -0.2) is 10.4 Å². The maximum Gasteiger partial charge on any atom is 0.0949 e. The van der Waals surface area contributed by atoms with Crippen molar-refractivity contribution in [2.24, 2.45) is 5.92 Å². The fraction of sp³-hybridized carbons (Fsp3) is 0.300. The third-order valence-electron chi connectivity index (χ3n) is 4.79. The van der Waals surface area contributed by atoms with Crippen molar-refractivity contribution < 1.29 is 0 Å². The summed E-state index contributed by atoms with van der Waals surface area (Å²) in [5, 5.41) is 3.61. The summed E-state index contributed by atoms with van der Waals surface area (Å²) in [6.45, 7) is 3.62. The van der Waals surface area contributed by atoms with Gasteiger partial charge >= 0.3 is 0 Å². The average molecular weight is 348 g/mol. The number of hydrazine groups is 1. The lowest BCUT2D eigenvalue weighted by Crippen LogP contribution is -2.28. The SMILES string of the molecule is c1cc(CNCC2CNNC2c2cccnc2)cc(Cn2ccnc2)c1. The highest BCUT2D eigenvalue weighted by Crippen LogP contribution is 2.23. The number of nitrogens with zero attached hydrogens (tertiary/aromatic N) is 3. The van der Waals surface area contributed by atoms with Crippen LogP contribution in [-0.2, 0) is 13.1 Å². The van der Waals surface area contributed by atoms with Crippen molar-refractivity contribution in [2.45, 2.75) is 19.1 Å². The highest BCUT2D eigenvalue weighted by Gasteiger charge is 2.27. The molecule has 1 fully saturated rings. The average Bonchev–Trinajstić information content (AvgIpc) is 3.35. The third kappa shape index (κ3) is 4.16. The summed E-state index contributed by atoms with van der Waals surface area (Å²) in [5.74, 6) is 0.494.